The molecular weight excluding hydrogens is 669 g/mol. The van der Waals surface area contributed by atoms with Gasteiger partial charge in [-0.3, -0.25) is 9.13 Å². The summed E-state index contributed by atoms with van der Waals surface area (Å²) in [6.45, 7) is 4.46. The molecule has 7 aromatic carbocycles. The maximum atomic E-state index is 5.65. The molecule has 0 bridgehead atoms. The van der Waals surface area contributed by atoms with Gasteiger partial charge in [0.25, 0.3) is 0 Å². The number of para-hydroxylation sites is 3. The molecule has 0 atom stereocenters. The topological polar surface area (TPSA) is 35.6 Å². The minimum Gasteiger partial charge on any atom is -0.279 e. The molecule has 0 fully saturated rings. The molecule has 0 aliphatic rings. The van der Waals surface area contributed by atoms with Gasteiger partial charge in [-0.2, -0.15) is 0 Å². The van der Waals surface area contributed by atoms with Gasteiger partial charge in [-0.15, -0.1) is 0 Å². The first-order valence-electron chi connectivity index (χ1n) is 19.0. The van der Waals surface area contributed by atoms with Crippen LogP contribution in [0, 0.1) is 0 Å². The van der Waals surface area contributed by atoms with Crippen molar-refractivity contribution in [1.82, 2.24) is 19.1 Å². The lowest BCUT2D eigenvalue weighted by Gasteiger charge is -2.18. The largest absolute Gasteiger partial charge is 0.279 e. The van der Waals surface area contributed by atoms with Gasteiger partial charge in [-0.05, 0) is 76.7 Å². The van der Waals surface area contributed by atoms with E-state index in [2.05, 4.69) is 211 Å². The number of imidazole rings is 1. The fraction of sp³-hybridized carbons (Fsp3) is 0.0588. The molecule has 10 aromatic rings. The summed E-state index contributed by atoms with van der Waals surface area (Å²) in [4.78, 5) is 10.9. The van der Waals surface area contributed by atoms with Crippen LogP contribution in [0.15, 0.2) is 188 Å². The van der Waals surface area contributed by atoms with Crippen LogP contribution in [0.5, 0.6) is 0 Å². The van der Waals surface area contributed by atoms with Crippen LogP contribution in [0.4, 0.5) is 0 Å². The van der Waals surface area contributed by atoms with Gasteiger partial charge >= 0.3 is 0 Å². The number of rotatable bonds is 7. The third-order valence-corrected chi connectivity index (χ3v) is 10.8. The van der Waals surface area contributed by atoms with Crippen LogP contribution in [0.2, 0.25) is 0 Å². The smallest absolute Gasteiger partial charge is 0.220 e. The summed E-state index contributed by atoms with van der Waals surface area (Å²) in [5, 5.41) is 2.38. The summed E-state index contributed by atoms with van der Waals surface area (Å²) in [6.07, 6.45) is 0. The Hall–Kier alpha value is -7.04. The van der Waals surface area contributed by atoms with Crippen molar-refractivity contribution >= 4 is 32.8 Å². The van der Waals surface area contributed by atoms with Gasteiger partial charge in [0.1, 0.15) is 5.52 Å². The average molecular weight is 707 g/mol. The summed E-state index contributed by atoms with van der Waals surface area (Å²) in [6, 6.07) is 66.9. The zero-order chi connectivity index (χ0) is 36.9. The molecule has 0 saturated carbocycles. The highest BCUT2D eigenvalue weighted by Crippen LogP contribution is 2.40. The Kier molecular flexibility index (Phi) is 7.96. The average Bonchev–Trinajstić information content (AvgIpc) is 3.80. The summed E-state index contributed by atoms with van der Waals surface area (Å²) in [5.74, 6) is 1.26. The third kappa shape index (κ3) is 5.62. The number of pyridine rings is 1. The predicted octanol–water partition coefficient (Wildman–Crippen LogP) is 13.3. The van der Waals surface area contributed by atoms with Crippen LogP contribution < -0.4 is 0 Å². The van der Waals surface area contributed by atoms with Crippen molar-refractivity contribution < 1.29 is 0 Å². The van der Waals surface area contributed by atoms with E-state index < -0.39 is 0 Å². The Morgan fingerprint density at radius 1 is 0.400 bits per heavy atom. The first kappa shape index (κ1) is 32.6. The van der Waals surface area contributed by atoms with Crippen molar-refractivity contribution in [2.24, 2.45) is 0 Å². The van der Waals surface area contributed by atoms with E-state index in [0.29, 0.717) is 5.92 Å². The van der Waals surface area contributed by atoms with Crippen LogP contribution in [0.3, 0.4) is 0 Å². The zero-order valence-corrected chi connectivity index (χ0v) is 30.8. The standard InChI is InChI=1S/C51H38N4/c1-34(2)37-20-13-21-39(32-37)44-25-15-26-45(52-44)42-24-14-29-49-50(42)53-51(54-46-27-11-9-22-40(46)41-23-10-12-28-47(41)54)55(49)48-31-30-38(35-16-5-3-6-17-35)33-43(48)36-18-7-4-8-19-36/h3-34H,1-2H3. The molecule has 262 valence electrons. The second kappa shape index (κ2) is 13.4. The van der Waals surface area contributed by atoms with E-state index >= 15 is 0 Å². The number of nitrogens with zero attached hydrogens (tertiary/aromatic N) is 4. The lowest BCUT2D eigenvalue weighted by Crippen LogP contribution is -2.07. The van der Waals surface area contributed by atoms with Gasteiger partial charge in [0.15, 0.2) is 0 Å². The van der Waals surface area contributed by atoms with Crippen molar-refractivity contribution in [1.29, 1.82) is 0 Å². The van der Waals surface area contributed by atoms with Gasteiger partial charge in [0.05, 0.1) is 33.6 Å². The van der Waals surface area contributed by atoms with E-state index in [4.69, 9.17) is 9.97 Å². The van der Waals surface area contributed by atoms with Crippen LogP contribution in [-0.4, -0.2) is 19.1 Å². The van der Waals surface area contributed by atoms with Crippen molar-refractivity contribution in [3.63, 3.8) is 0 Å². The van der Waals surface area contributed by atoms with Crippen molar-refractivity contribution in [2.45, 2.75) is 19.8 Å². The molecule has 0 unspecified atom stereocenters. The van der Waals surface area contributed by atoms with Gasteiger partial charge < -0.3 is 0 Å². The number of aromatic nitrogens is 4. The Morgan fingerprint density at radius 3 is 1.73 bits per heavy atom. The summed E-state index contributed by atoms with van der Waals surface area (Å²) >= 11 is 0. The SMILES string of the molecule is CC(C)c1cccc(-c2cccc(-c3cccc4c3nc(-n3c5ccccc5c5ccccc53)n4-c3ccc(-c4ccccc4)cc3-c3ccccc3)n2)c1. The quantitative estimate of drug-likeness (QED) is 0.165. The molecule has 0 aliphatic heterocycles. The lowest BCUT2D eigenvalue weighted by atomic mass is 9.97. The van der Waals surface area contributed by atoms with E-state index in [1.54, 1.807) is 0 Å². The molecule has 3 aromatic heterocycles. The van der Waals surface area contributed by atoms with Gasteiger partial charge in [-0.25, -0.2) is 9.97 Å². The molecule has 0 saturated heterocycles. The van der Waals surface area contributed by atoms with E-state index in [0.717, 1.165) is 72.9 Å². The Labute approximate surface area is 320 Å². The Bertz CT molecular complexity index is 2950. The molecule has 3 heterocycles. The maximum Gasteiger partial charge on any atom is 0.220 e. The molecular formula is C51H38N4. The number of hydrogen-bond acceptors (Lipinski definition) is 2. The number of fused-ring (bicyclic) bond motifs is 4. The van der Waals surface area contributed by atoms with Crippen LogP contribution >= 0.6 is 0 Å². The van der Waals surface area contributed by atoms with Crippen molar-refractivity contribution in [3.8, 4) is 56.4 Å². The second-order valence-electron chi connectivity index (χ2n) is 14.4. The van der Waals surface area contributed by atoms with E-state index in [9.17, 15) is 0 Å². The van der Waals surface area contributed by atoms with Crippen LogP contribution in [-0.2, 0) is 0 Å². The van der Waals surface area contributed by atoms with Gasteiger partial charge in [0, 0.05) is 27.5 Å². The molecule has 0 radical (unpaired) electrons. The van der Waals surface area contributed by atoms with E-state index in [-0.39, 0.29) is 0 Å². The number of benzene rings is 7. The highest BCUT2D eigenvalue weighted by molar-refractivity contribution is 6.09. The van der Waals surface area contributed by atoms with Gasteiger partial charge in [-0.1, -0.05) is 153 Å². The minimum atomic E-state index is 0.433. The first-order chi connectivity index (χ1) is 27.1. The maximum absolute atomic E-state index is 5.65. The highest BCUT2D eigenvalue weighted by Gasteiger charge is 2.24. The molecule has 10 rings (SSSR count). The van der Waals surface area contributed by atoms with Crippen molar-refractivity contribution in [3.05, 3.63) is 194 Å². The van der Waals surface area contributed by atoms with Crippen molar-refractivity contribution in [2.75, 3.05) is 0 Å². The molecule has 55 heavy (non-hydrogen) atoms. The normalized spacial score (nSPS) is 11.6. The number of hydrogen-bond donors (Lipinski definition) is 0. The first-order valence-corrected chi connectivity index (χ1v) is 19.0. The third-order valence-electron chi connectivity index (χ3n) is 10.8. The Balaban J connectivity index is 1.28. The van der Waals surface area contributed by atoms with E-state index in [1.165, 1.54) is 21.9 Å². The fourth-order valence-corrected chi connectivity index (χ4v) is 8.01. The molecule has 4 nitrogen and oxygen atoms in total. The summed E-state index contributed by atoms with van der Waals surface area (Å²) < 4.78 is 4.68. The molecule has 0 amide bonds. The zero-order valence-electron chi connectivity index (χ0n) is 30.8. The predicted molar refractivity (Wildman–Crippen MR) is 229 cm³/mol. The Morgan fingerprint density at radius 2 is 1.00 bits per heavy atom. The fourth-order valence-electron chi connectivity index (χ4n) is 8.01. The van der Waals surface area contributed by atoms with Crippen LogP contribution in [0.1, 0.15) is 25.3 Å². The van der Waals surface area contributed by atoms with Crippen LogP contribution in [0.25, 0.3) is 89.2 Å². The van der Waals surface area contributed by atoms with Gasteiger partial charge in [0.2, 0.25) is 5.95 Å². The minimum absolute atomic E-state index is 0.433. The summed E-state index contributed by atoms with van der Waals surface area (Å²) in [7, 11) is 0. The molecule has 0 aliphatic carbocycles. The second-order valence-corrected chi connectivity index (χ2v) is 14.4. The van der Waals surface area contributed by atoms with E-state index in [1.807, 2.05) is 0 Å². The molecule has 0 N–H and O–H groups in total. The molecule has 4 heteroatoms. The highest BCUT2D eigenvalue weighted by atomic mass is 15.2. The lowest BCUT2D eigenvalue weighted by molar-refractivity contribution is 0.867. The summed E-state index contributed by atoms with van der Waals surface area (Å²) in [5.41, 5.74) is 15.0. The molecule has 0 spiro atoms. The monoisotopic (exact) mass is 706 g/mol.